The first-order valence-corrected chi connectivity index (χ1v) is 12.9. The van der Waals surface area contributed by atoms with Gasteiger partial charge in [0.25, 0.3) is 11.7 Å². The zero-order valence-corrected chi connectivity index (χ0v) is 22.7. The van der Waals surface area contributed by atoms with Gasteiger partial charge in [-0.15, -0.1) is 5.10 Å². The Bertz CT molecular complexity index is 1420. The summed E-state index contributed by atoms with van der Waals surface area (Å²) in [4.78, 5) is 12.5. The molecule has 0 atom stereocenters. The Balaban J connectivity index is 1.50. The molecule has 0 aliphatic heterocycles. The average Bonchev–Trinajstić information content (AvgIpc) is 3.33. The lowest BCUT2D eigenvalue weighted by atomic mass is 10.1. The van der Waals surface area contributed by atoms with Crippen LogP contribution in [0.5, 0.6) is 17.2 Å². The number of benzene rings is 3. The normalized spacial score (nSPS) is 11.0. The molecule has 0 saturated heterocycles. The molecular weight excluding hydrogens is 558 g/mol. The number of nitrogens with zero attached hydrogens (tertiary/aromatic N) is 3. The minimum Gasteiger partial charge on any atom is -0.869 e. The molecule has 4 rings (SSSR count). The molecule has 0 bridgehead atoms. The lowest BCUT2D eigenvalue weighted by Gasteiger charge is -2.14. The van der Waals surface area contributed by atoms with Crippen molar-refractivity contribution in [1.29, 1.82) is 0 Å². The van der Waals surface area contributed by atoms with Gasteiger partial charge in [0.05, 0.1) is 36.8 Å². The number of methoxy groups -OCH3 is 2. The number of amides is 1. The van der Waals surface area contributed by atoms with Gasteiger partial charge in [-0.3, -0.25) is 4.79 Å². The molecule has 0 aliphatic carbocycles. The van der Waals surface area contributed by atoms with E-state index in [0.29, 0.717) is 15.2 Å². The molecule has 0 spiro atoms. The van der Waals surface area contributed by atoms with Crippen LogP contribution in [0.2, 0.25) is 0 Å². The first-order valence-electron chi connectivity index (χ1n) is 11.1. The molecule has 0 fully saturated rings. The SMILES string of the molecule is COc1ccc(-[n+]2c(SCC(=O)NN=Cc3cc(Br)c([O-])c(OC)c3)n[nH]c2-c2ccc(C)cc2)cc1. The van der Waals surface area contributed by atoms with Gasteiger partial charge in [-0.2, -0.15) is 9.67 Å². The van der Waals surface area contributed by atoms with Crippen molar-refractivity contribution in [2.24, 2.45) is 5.10 Å². The minimum absolute atomic E-state index is 0.0815. The van der Waals surface area contributed by atoms with Crippen molar-refractivity contribution in [3.63, 3.8) is 0 Å². The second kappa shape index (κ2) is 11.9. The topological polar surface area (TPSA) is 116 Å². The number of H-pyrrole nitrogens is 1. The number of carbonyl (C=O) groups is 1. The van der Waals surface area contributed by atoms with Gasteiger partial charge in [0, 0.05) is 4.47 Å². The van der Waals surface area contributed by atoms with Crippen LogP contribution in [0.3, 0.4) is 0 Å². The third kappa shape index (κ3) is 6.30. The van der Waals surface area contributed by atoms with Crippen molar-refractivity contribution < 1.29 is 23.9 Å². The van der Waals surface area contributed by atoms with Gasteiger partial charge in [0.2, 0.25) is 0 Å². The van der Waals surface area contributed by atoms with E-state index in [0.717, 1.165) is 28.4 Å². The van der Waals surface area contributed by atoms with Gasteiger partial charge in [-0.25, -0.2) is 5.43 Å². The summed E-state index contributed by atoms with van der Waals surface area (Å²) >= 11 is 4.47. The van der Waals surface area contributed by atoms with Crippen molar-refractivity contribution in [1.82, 2.24) is 15.6 Å². The molecule has 9 nitrogen and oxygen atoms in total. The Hall–Kier alpha value is -3.83. The first kappa shape index (κ1) is 26.2. The lowest BCUT2D eigenvalue weighted by Crippen LogP contribution is -2.34. The maximum Gasteiger partial charge on any atom is 0.342 e. The van der Waals surface area contributed by atoms with Gasteiger partial charge in [0.1, 0.15) is 17.2 Å². The molecule has 1 aromatic heterocycles. The summed E-state index contributed by atoms with van der Waals surface area (Å²) in [7, 11) is 3.04. The first-order chi connectivity index (χ1) is 17.9. The number of hydrogen-bond donors (Lipinski definition) is 2. The molecule has 1 amide bonds. The van der Waals surface area contributed by atoms with E-state index in [-0.39, 0.29) is 23.2 Å². The second-order valence-electron chi connectivity index (χ2n) is 7.87. The molecule has 0 radical (unpaired) electrons. The molecular formula is C26H24BrN5O4S. The smallest absolute Gasteiger partial charge is 0.342 e. The van der Waals surface area contributed by atoms with Crippen LogP contribution in [0.4, 0.5) is 0 Å². The maximum absolute atomic E-state index is 12.5. The fourth-order valence-electron chi connectivity index (χ4n) is 3.42. The van der Waals surface area contributed by atoms with Gasteiger partial charge >= 0.3 is 5.16 Å². The van der Waals surface area contributed by atoms with Crippen molar-refractivity contribution in [3.8, 4) is 34.3 Å². The molecule has 11 heteroatoms. The number of halogens is 1. The summed E-state index contributed by atoms with van der Waals surface area (Å²) in [5.74, 6) is 1.23. The fraction of sp³-hybridized carbons (Fsp3) is 0.154. The van der Waals surface area contributed by atoms with E-state index in [1.165, 1.54) is 25.1 Å². The standard InChI is InChI=1S/C26H24BrN5O4S/c1-16-4-6-18(7-5-16)25-30-31-26(32(25)19-8-10-20(35-2)11-9-19)37-15-23(33)29-28-14-17-12-21(27)24(34)22(13-17)36-3/h4-14H,15H2,1-3H3,(H2,28,29,33,34). The summed E-state index contributed by atoms with van der Waals surface area (Å²) < 4.78 is 12.7. The van der Waals surface area contributed by atoms with Crippen LogP contribution in [0.25, 0.3) is 17.1 Å². The second-order valence-corrected chi connectivity index (χ2v) is 9.67. The number of aryl methyl sites for hydroxylation is 1. The van der Waals surface area contributed by atoms with E-state index in [4.69, 9.17) is 9.47 Å². The van der Waals surface area contributed by atoms with Crippen LogP contribution in [0, 0.1) is 6.92 Å². The number of hydrogen-bond acceptors (Lipinski definition) is 7. The number of hydrazone groups is 1. The van der Waals surface area contributed by atoms with Crippen molar-refractivity contribution in [3.05, 3.63) is 76.3 Å². The molecule has 3 aromatic carbocycles. The van der Waals surface area contributed by atoms with Crippen molar-refractivity contribution in [2.75, 3.05) is 20.0 Å². The van der Waals surface area contributed by atoms with E-state index in [2.05, 4.69) is 36.7 Å². The van der Waals surface area contributed by atoms with E-state index in [9.17, 15) is 9.90 Å². The lowest BCUT2D eigenvalue weighted by molar-refractivity contribution is -0.625. The molecule has 4 aromatic rings. The summed E-state index contributed by atoms with van der Waals surface area (Å²) in [5, 5.41) is 24.1. The van der Waals surface area contributed by atoms with Crippen LogP contribution in [0.15, 0.2) is 75.4 Å². The van der Waals surface area contributed by atoms with Crippen LogP contribution >= 0.6 is 27.7 Å². The highest BCUT2D eigenvalue weighted by atomic mass is 79.9. The molecule has 1 heterocycles. The largest absolute Gasteiger partial charge is 0.869 e. The van der Waals surface area contributed by atoms with Crippen LogP contribution < -0.4 is 24.6 Å². The number of carbonyl (C=O) groups excluding carboxylic acids is 1. The van der Waals surface area contributed by atoms with Crippen LogP contribution in [-0.4, -0.2) is 42.3 Å². The van der Waals surface area contributed by atoms with Crippen LogP contribution in [-0.2, 0) is 4.79 Å². The molecule has 0 unspecified atom stereocenters. The summed E-state index contributed by atoms with van der Waals surface area (Å²) in [6.45, 7) is 2.03. The number of aromatic amines is 1. The van der Waals surface area contributed by atoms with Crippen molar-refractivity contribution >= 4 is 39.8 Å². The highest BCUT2D eigenvalue weighted by Gasteiger charge is 2.24. The highest BCUT2D eigenvalue weighted by Crippen LogP contribution is 2.32. The summed E-state index contributed by atoms with van der Waals surface area (Å²) in [6.07, 6.45) is 1.44. The Morgan fingerprint density at radius 3 is 2.57 bits per heavy atom. The van der Waals surface area contributed by atoms with E-state index in [1.54, 1.807) is 19.2 Å². The Morgan fingerprint density at radius 1 is 1.16 bits per heavy atom. The van der Waals surface area contributed by atoms with E-state index in [1.807, 2.05) is 60.0 Å². The molecule has 190 valence electrons. The maximum atomic E-state index is 12.5. The zero-order valence-electron chi connectivity index (χ0n) is 20.3. The minimum atomic E-state index is -0.311. The molecule has 0 saturated carbocycles. The van der Waals surface area contributed by atoms with Gasteiger partial charge in [-0.1, -0.05) is 39.4 Å². The Morgan fingerprint density at radius 2 is 1.89 bits per heavy atom. The fourth-order valence-corrected chi connectivity index (χ4v) is 4.65. The summed E-state index contributed by atoms with van der Waals surface area (Å²) in [5.41, 5.74) is 6.08. The zero-order chi connectivity index (χ0) is 26.4. The van der Waals surface area contributed by atoms with E-state index < -0.39 is 0 Å². The highest BCUT2D eigenvalue weighted by molar-refractivity contribution is 9.10. The molecule has 0 aliphatic rings. The number of aromatic nitrogens is 3. The Labute approximate surface area is 226 Å². The molecule has 37 heavy (non-hydrogen) atoms. The number of nitrogens with one attached hydrogen (secondary N) is 2. The predicted octanol–water partition coefficient (Wildman–Crippen LogP) is 3.76. The predicted molar refractivity (Wildman–Crippen MR) is 143 cm³/mol. The number of ether oxygens (including phenoxy) is 2. The Kier molecular flexibility index (Phi) is 8.47. The van der Waals surface area contributed by atoms with Gasteiger partial charge < -0.3 is 14.6 Å². The molecule has 2 N–H and O–H groups in total. The third-order valence-corrected chi connectivity index (χ3v) is 6.84. The summed E-state index contributed by atoms with van der Waals surface area (Å²) in [6, 6.07) is 18.9. The quantitative estimate of drug-likeness (QED) is 0.135. The number of rotatable bonds is 9. The van der Waals surface area contributed by atoms with Crippen LogP contribution in [0.1, 0.15) is 11.1 Å². The monoisotopic (exact) mass is 581 g/mol. The average molecular weight is 582 g/mol. The van der Waals surface area contributed by atoms with Gasteiger partial charge in [-0.05, 0) is 72.8 Å². The van der Waals surface area contributed by atoms with Crippen molar-refractivity contribution in [2.45, 2.75) is 12.1 Å². The van der Waals surface area contributed by atoms with E-state index >= 15 is 0 Å². The third-order valence-electron chi connectivity index (χ3n) is 5.31. The van der Waals surface area contributed by atoms with Gasteiger partial charge in [0.15, 0.2) is 0 Å². The number of thioether (sulfide) groups is 1.